The molecule has 2 heterocycles. The molecule has 2 aromatic heterocycles. The van der Waals surface area contributed by atoms with E-state index in [0.29, 0.717) is 22.5 Å². The van der Waals surface area contributed by atoms with E-state index in [1.165, 1.54) is 0 Å². The van der Waals surface area contributed by atoms with Crippen LogP contribution >= 0.6 is 11.6 Å². The van der Waals surface area contributed by atoms with Crippen LogP contribution in [-0.4, -0.2) is 19.9 Å². The quantitative estimate of drug-likeness (QED) is 0.199. The second kappa shape index (κ2) is 11.8. The van der Waals surface area contributed by atoms with Gasteiger partial charge in [-0.2, -0.15) is 0 Å². The predicted molar refractivity (Wildman–Crippen MR) is 175 cm³/mol. The summed E-state index contributed by atoms with van der Waals surface area (Å²) in [5.74, 6) is 1.82. The normalized spacial score (nSPS) is 10.9. The molecule has 0 radical (unpaired) electrons. The van der Waals surface area contributed by atoms with Gasteiger partial charge in [0.05, 0.1) is 10.7 Å². The van der Waals surface area contributed by atoms with E-state index in [1.54, 1.807) is 6.20 Å². The summed E-state index contributed by atoms with van der Waals surface area (Å²) < 4.78 is 0. The second-order valence-electron chi connectivity index (χ2n) is 10.1. The first-order chi connectivity index (χ1) is 21.2. The van der Waals surface area contributed by atoms with Crippen LogP contribution in [0.2, 0.25) is 5.02 Å². The molecule has 5 heteroatoms. The molecular formula is C38H25ClN4. The highest BCUT2D eigenvalue weighted by Crippen LogP contribution is 2.30. The van der Waals surface area contributed by atoms with E-state index in [0.717, 1.165) is 50.2 Å². The van der Waals surface area contributed by atoms with Gasteiger partial charge in [-0.3, -0.25) is 4.98 Å². The van der Waals surface area contributed by atoms with Gasteiger partial charge in [0.1, 0.15) is 0 Å². The minimum absolute atomic E-state index is 0.595. The van der Waals surface area contributed by atoms with Gasteiger partial charge in [-0.25, -0.2) is 15.0 Å². The van der Waals surface area contributed by atoms with Gasteiger partial charge < -0.3 is 0 Å². The van der Waals surface area contributed by atoms with Gasteiger partial charge in [-0.05, 0) is 34.4 Å². The van der Waals surface area contributed by atoms with Gasteiger partial charge in [-0.1, -0.05) is 145 Å². The Morgan fingerprint density at radius 1 is 0.326 bits per heavy atom. The molecule has 0 spiro atoms. The number of hydrogen-bond donors (Lipinski definition) is 0. The van der Waals surface area contributed by atoms with Crippen LogP contribution in [-0.2, 0) is 0 Å². The van der Waals surface area contributed by atoms with Crippen molar-refractivity contribution in [3.05, 3.63) is 157 Å². The molecule has 0 fully saturated rings. The van der Waals surface area contributed by atoms with E-state index in [1.807, 2.05) is 72.8 Å². The SMILES string of the molecule is Clc1cccnc1-c1ccc(-c2nc(-c3ccc(-c4ccccc4)cc3)nc(-c3ccc(-c4ccccc4)cc3)n2)cc1. The average Bonchev–Trinajstić information content (AvgIpc) is 3.09. The van der Waals surface area contributed by atoms with Crippen LogP contribution in [0, 0.1) is 0 Å². The lowest BCUT2D eigenvalue weighted by Gasteiger charge is -2.10. The van der Waals surface area contributed by atoms with Gasteiger partial charge >= 0.3 is 0 Å². The van der Waals surface area contributed by atoms with E-state index in [-0.39, 0.29) is 0 Å². The fourth-order valence-corrected chi connectivity index (χ4v) is 5.25. The van der Waals surface area contributed by atoms with Gasteiger partial charge in [0, 0.05) is 28.5 Å². The molecule has 0 saturated heterocycles. The highest BCUT2D eigenvalue weighted by atomic mass is 35.5. The van der Waals surface area contributed by atoms with Gasteiger partial charge in [-0.15, -0.1) is 0 Å². The van der Waals surface area contributed by atoms with Crippen LogP contribution in [0.25, 0.3) is 67.7 Å². The van der Waals surface area contributed by atoms with E-state index < -0.39 is 0 Å². The lowest BCUT2D eigenvalue weighted by Crippen LogP contribution is -2.00. The van der Waals surface area contributed by atoms with Crippen molar-refractivity contribution in [1.29, 1.82) is 0 Å². The molecule has 0 aliphatic rings. The van der Waals surface area contributed by atoms with E-state index in [9.17, 15) is 0 Å². The Morgan fingerprint density at radius 3 is 1.07 bits per heavy atom. The number of nitrogens with zero attached hydrogens (tertiary/aromatic N) is 4. The first-order valence-electron chi connectivity index (χ1n) is 14.0. The van der Waals surface area contributed by atoms with Crippen molar-refractivity contribution < 1.29 is 0 Å². The smallest absolute Gasteiger partial charge is 0.164 e. The lowest BCUT2D eigenvalue weighted by molar-refractivity contribution is 1.07. The Bertz CT molecular complexity index is 1890. The zero-order valence-electron chi connectivity index (χ0n) is 23.1. The Labute approximate surface area is 255 Å². The molecule has 0 aliphatic heterocycles. The first kappa shape index (κ1) is 26.4. The molecule has 0 aliphatic carbocycles. The highest BCUT2D eigenvalue weighted by molar-refractivity contribution is 6.33. The zero-order chi connectivity index (χ0) is 29.0. The third-order valence-electron chi connectivity index (χ3n) is 7.31. The number of benzene rings is 5. The van der Waals surface area contributed by atoms with E-state index in [2.05, 4.69) is 77.8 Å². The number of hydrogen-bond acceptors (Lipinski definition) is 4. The summed E-state index contributed by atoms with van der Waals surface area (Å²) in [7, 11) is 0. The molecule has 7 rings (SSSR count). The Morgan fingerprint density at radius 2 is 0.674 bits per heavy atom. The first-order valence-corrected chi connectivity index (χ1v) is 14.4. The maximum absolute atomic E-state index is 6.40. The van der Waals surface area contributed by atoms with Crippen molar-refractivity contribution in [3.8, 4) is 67.7 Å². The van der Waals surface area contributed by atoms with Crippen molar-refractivity contribution in [3.63, 3.8) is 0 Å². The molecule has 0 unspecified atom stereocenters. The van der Waals surface area contributed by atoms with E-state index in [4.69, 9.17) is 26.6 Å². The lowest BCUT2D eigenvalue weighted by atomic mass is 10.0. The predicted octanol–water partition coefficient (Wildman–Crippen LogP) is 9.92. The largest absolute Gasteiger partial charge is 0.255 e. The number of pyridine rings is 1. The van der Waals surface area contributed by atoms with Crippen LogP contribution in [0.15, 0.2) is 152 Å². The topological polar surface area (TPSA) is 51.6 Å². The summed E-state index contributed by atoms with van der Waals surface area (Å²) in [4.78, 5) is 19.2. The number of rotatable bonds is 6. The van der Waals surface area contributed by atoms with Crippen molar-refractivity contribution in [2.75, 3.05) is 0 Å². The van der Waals surface area contributed by atoms with E-state index >= 15 is 0 Å². The second-order valence-corrected chi connectivity index (χ2v) is 10.5. The van der Waals surface area contributed by atoms with Gasteiger partial charge in [0.15, 0.2) is 17.5 Å². The molecule has 4 nitrogen and oxygen atoms in total. The Balaban J connectivity index is 1.29. The maximum atomic E-state index is 6.40. The molecule has 43 heavy (non-hydrogen) atoms. The molecular weight excluding hydrogens is 548 g/mol. The summed E-state index contributed by atoms with van der Waals surface area (Å²) in [5, 5.41) is 0.609. The Hall–Kier alpha value is -5.45. The van der Waals surface area contributed by atoms with Crippen molar-refractivity contribution >= 4 is 11.6 Å². The van der Waals surface area contributed by atoms with Crippen LogP contribution < -0.4 is 0 Å². The standard InChI is InChI=1S/C38H25ClN4/c39-34-12-7-25-40-35(34)30-17-23-33(24-18-30)38-42-36(31-19-13-28(14-20-31)26-8-3-1-4-9-26)41-37(43-38)32-21-15-29(16-22-32)27-10-5-2-6-11-27/h1-25H. The molecule has 0 saturated carbocycles. The molecule has 0 bridgehead atoms. The molecule has 0 N–H and O–H groups in total. The fraction of sp³-hybridized carbons (Fsp3) is 0. The molecule has 5 aromatic carbocycles. The minimum Gasteiger partial charge on any atom is -0.255 e. The Kier molecular flexibility index (Phi) is 7.26. The summed E-state index contributed by atoms with van der Waals surface area (Å²) in [6.45, 7) is 0. The highest BCUT2D eigenvalue weighted by Gasteiger charge is 2.14. The zero-order valence-corrected chi connectivity index (χ0v) is 23.9. The molecule has 0 amide bonds. The van der Waals surface area contributed by atoms with Gasteiger partial charge in [0.2, 0.25) is 0 Å². The van der Waals surface area contributed by atoms with Crippen molar-refractivity contribution in [2.45, 2.75) is 0 Å². The summed E-state index contributed by atoms with van der Waals surface area (Å²) >= 11 is 6.40. The number of aromatic nitrogens is 4. The average molecular weight is 573 g/mol. The third-order valence-corrected chi connectivity index (χ3v) is 7.62. The van der Waals surface area contributed by atoms with Crippen LogP contribution in [0.5, 0.6) is 0 Å². The molecule has 0 atom stereocenters. The molecule has 7 aromatic rings. The molecule has 204 valence electrons. The van der Waals surface area contributed by atoms with Crippen LogP contribution in [0.1, 0.15) is 0 Å². The van der Waals surface area contributed by atoms with Crippen LogP contribution in [0.3, 0.4) is 0 Å². The summed E-state index contributed by atoms with van der Waals surface area (Å²) in [6.07, 6.45) is 1.74. The van der Waals surface area contributed by atoms with Crippen molar-refractivity contribution in [1.82, 2.24) is 19.9 Å². The monoisotopic (exact) mass is 572 g/mol. The minimum atomic E-state index is 0.595. The number of halogens is 1. The van der Waals surface area contributed by atoms with Crippen LogP contribution in [0.4, 0.5) is 0 Å². The maximum Gasteiger partial charge on any atom is 0.164 e. The van der Waals surface area contributed by atoms with Crippen molar-refractivity contribution in [2.24, 2.45) is 0 Å². The van der Waals surface area contributed by atoms with Gasteiger partial charge in [0.25, 0.3) is 0 Å². The summed E-state index contributed by atoms with van der Waals surface area (Å²) in [5.41, 5.74) is 8.99. The fourth-order valence-electron chi connectivity index (χ4n) is 5.02. The third kappa shape index (κ3) is 5.69. The summed E-state index contributed by atoms with van der Waals surface area (Å²) in [6, 6.07) is 49.0.